The summed E-state index contributed by atoms with van der Waals surface area (Å²) < 4.78 is 39.3. The number of nitrogens with one attached hydrogen (secondary N) is 1. The zero-order chi connectivity index (χ0) is 32.3. The lowest BCUT2D eigenvalue weighted by molar-refractivity contribution is -0.386. The lowest BCUT2D eigenvalue weighted by atomic mass is 9.94. The summed E-state index contributed by atoms with van der Waals surface area (Å²) in [4.78, 5) is 51.9. The van der Waals surface area contributed by atoms with Gasteiger partial charge in [0.25, 0.3) is 0 Å². The van der Waals surface area contributed by atoms with Crippen LogP contribution in [0.4, 0.5) is 0 Å². The minimum Gasteiger partial charge on any atom is -0.493 e. The van der Waals surface area contributed by atoms with Gasteiger partial charge in [-0.15, -0.1) is 0 Å². The smallest absolute Gasteiger partial charge is 0.346 e. The Morgan fingerprint density at radius 1 is 0.978 bits per heavy atom. The molecule has 5 rings (SSSR count). The Kier molecular flexibility index (Phi) is 9.30. The van der Waals surface area contributed by atoms with Crippen molar-refractivity contribution in [1.29, 1.82) is 0 Å². The number of hydrogen-bond acceptors (Lipinski definition) is 12. The fourth-order valence-corrected chi connectivity index (χ4v) is 5.70. The summed E-state index contributed by atoms with van der Waals surface area (Å²) in [6.45, 7) is 4.60. The summed E-state index contributed by atoms with van der Waals surface area (Å²) in [6, 6.07) is 11.2. The van der Waals surface area contributed by atoms with Crippen LogP contribution in [0.15, 0.2) is 42.6 Å². The number of rotatable bonds is 10. The van der Waals surface area contributed by atoms with Gasteiger partial charge in [0.1, 0.15) is 24.2 Å². The Morgan fingerprint density at radius 2 is 1.76 bits per heavy atom. The molecule has 13 nitrogen and oxygen atoms in total. The van der Waals surface area contributed by atoms with Crippen LogP contribution < -0.4 is 9.47 Å². The van der Waals surface area contributed by atoms with Crippen molar-refractivity contribution in [2.45, 2.75) is 77.3 Å². The van der Waals surface area contributed by atoms with Crippen molar-refractivity contribution < 1.29 is 57.4 Å². The van der Waals surface area contributed by atoms with Crippen LogP contribution in [0.5, 0.6) is 11.5 Å². The number of aromatic amines is 1. The van der Waals surface area contributed by atoms with Crippen LogP contribution in [-0.2, 0) is 62.1 Å². The minimum absolute atomic E-state index is 0.159. The van der Waals surface area contributed by atoms with Crippen molar-refractivity contribution >= 4 is 34.8 Å². The molecule has 1 aromatic heterocycles. The molecule has 5 atom stereocenters. The number of esters is 4. The Balaban J connectivity index is 1.54. The molecule has 0 saturated carbocycles. The Bertz CT molecular complexity index is 1600. The van der Waals surface area contributed by atoms with Crippen LogP contribution in [0.2, 0.25) is 0 Å². The molecule has 2 aliphatic heterocycles. The van der Waals surface area contributed by atoms with Gasteiger partial charge in [-0.3, -0.25) is 19.2 Å². The summed E-state index contributed by atoms with van der Waals surface area (Å²) in [5.41, 5.74) is 3.82. The molecule has 0 spiro atoms. The number of ether oxygens (including phenoxy) is 7. The van der Waals surface area contributed by atoms with Gasteiger partial charge in [-0.2, -0.15) is 0 Å². The molecule has 1 saturated heterocycles. The Morgan fingerprint density at radius 3 is 2.47 bits per heavy atom. The molecular formula is C32H35NO12. The first-order valence-corrected chi connectivity index (χ1v) is 14.5. The van der Waals surface area contributed by atoms with Crippen molar-refractivity contribution in [3.63, 3.8) is 0 Å². The third-order valence-corrected chi connectivity index (χ3v) is 7.51. The molecule has 3 aromatic rings. The Hall–Kier alpha value is -4.62. The minimum atomic E-state index is -2.55. The van der Waals surface area contributed by atoms with E-state index in [2.05, 4.69) is 11.1 Å². The monoisotopic (exact) mass is 625 g/mol. The van der Waals surface area contributed by atoms with Gasteiger partial charge in [-0.05, 0) is 47.7 Å². The number of aliphatic hydroxyl groups excluding tert-OH is 1. The zero-order valence-corrected chi connectivity index (χ0v) is 25.3. The maximum absolute atomic E-state index is 12.5. The number of benzene rings is 2. The van der Waals surface area contributed by atoms with Gasteiger partial charge < -0.3 is 43.2 Å². The number of aliphatic hydroxyl groups is 1. The van der Waals surface area contributed by atoms with Gasteiger partial charge in [0.15, 0.2) is 6.10 Å². The average Bonchev–Trinajstić information content (AvgIpc) is 3.61. The number of aryl methyl sites for hydroxylation is 2. The first-order chi connectivity index (χ1) is 21.5. The third-order valence-electron chi connectivity index (χ3n) is 7.51. The van der Waals surface area contributed by atoms with Crippen molar-refractivity contribution in [3.05, 3.63) is 59.3 Å². The first-order valence-electron chi connectivity index (χ1n) is 14.5. The maximum atomic E-state index is 12.5. The van der Waals surface area contributed by atoms with Crippen molar-refractivity contribution in [3.8, 4) is 11.5 Å². The van der Waals surface area contributed by atoms with Crippen molar-refractivity contribution in [2.75, 3.05) is 13.2 Å². The molecule has 1 fully saturated rings. The lowest BCUT2D eigenvalue weighted by Crippen LogP contribution is -2.72. The van der Waals surface area contributed by atoms with E-state index in [1.54, 1.807) is 12.1 Å². The van der Waals surface area contributed by atoms with Gasteiger partial charge in [-0.1, -0.05) is 18.2 Å². The van der Waals surface area contributed by atoms with Gasteiger partial charge in [0.2, 0.25) is 12.4 Å². The first kappa shape index (κ1) is 31.8. The summed E-state index contributed by atoms with van der Waals surface area (Å²) >= 11 is 0. The molecule has 2 N–H and O–H groups in total. The second kappa shape index (κ2) is 13.2. The molecule has 0 aliphatic carbocycles. The number of H-pyrrole nitrogens is 1. The van der Waals surface area contributed by atoms with Crippen LogP contribution in [0.3, 0.4) is 0 Å². The second-order valence-electron chi connectivity index (χ2n) is 10.9. The third kappa shape index (κ3) is 6.89. The van der Waals surface area contributed by atoms with Gasteiger partial charge >= 0.3 is 29.7 Å². The molecule has 0 bridgehead atoms. The zero-order valence-electron chi connectivity index (χ0n) is 25.3. The Labute approximate surface area is 258 Å². The van der Waals surface area contributed by atoms with Gasteiger partial charge in [0, 0.05) is 51.2 Å². The second-order valence-corrected chi connectivity index (χ2v) is 10.9. The van der Waals surface area contributed by atoms with Crippen molar-refractivity contribution in [2.24, 2.45) is 0 Å². The average molecular weight is 626 g/mol. The number of hydrogen-bond donors (Lipinski definition) is 2. The summed E-state index contributed by atoms with van der Waals surface area (Å²) in [7, 11) is 0. The highest BCUT2D eigenvalue weighted by Gasteiger charge is 2.65. The normalized spacial score (nSPS) is 23.8. The van der Waals surface area contributed by atoms with E-state index in [1.165, 1.54) is 0 Å². The number of carbonyl (C=O) groups is 4. The summed E-state index contributed by atoms with van der Waals surface area (Å²) in [5, 5.41) is 12.0. The van der Waals surface area contributed by atoms with Crippen molar-refractivity contribution in [1.82, 2.24) is 4.98 Å². The topological polar surface area (TPSA) is 169 Å². The van der Waals surface area contributed by atoms with Crippen LogP contribution in [0.25, 0.3) is 10.9 Å². The molecule has 2 aromatic carbocycles. The molecular weight excluding hydrogens is 590 g/mol. The quantitative estimate of drug-likeness (QED) is 0.192. The molecule has 0 radical (unpaired) electrons. The molecule has 2 aliphatic rings. The molecule has 3 heterocycles. The van der Waals surface area contributed by atoms with E-state index in [9.17, 15) is 24.3 Å². The molecule has 0 unspecified atom stereocenters. The standard InChI is InChI=1S/C32H35NO12/c1-17(34)40-16-27-29(41-18(2)35)30(42-19(3)36)32(31(38)43-27,44-20(4)37)45-26-7-5-6-24-28(26)23(15-33-24)10-8-21-9-11-25-22(14-21)12-13-39-25/h5-7,9,11,14-15,27,29-31,33,38H,8,10,12-13,16H2,1-4H3/t27-,29-,30+,31+,32+/m1/s1. The maximum Gasteiger partial charge on any atom is 0.346 e. The van der Waals surface area contributed by atoms with E-state index >= 15 is 0 Å². The SMILES string of the molecule is CC(=O)OC[C@H]1O[C@H](O)[C@@](OC(C)=O)(Oc2cccc3[nH]cc(CCc4ccc5c(c4)CCO5)c23)[C@@H](OC(C)=O)[C@@H]1OC(C)=O. The predicted molar refractivity (Wildman–Crippen MR) is 155 cm³/mol. The number of carbonyl (C=O) groups excluding carboxylic acids is 4. The fourth-order valence-electron chi connectivity index (χ4n) is 5.70. The van der Waals surface area contributed by atoms with E-state index in [0.717, 1.165) is 56.6 Å². The lowest BCUT2D eigenvalue weighted by Gasteiger charge is -2.49. The van der Waals surface area contributed by atoms with Gasteiger partial charge in [-0.25, -0.2) is 0 Å². The predicted octanol–water partition coefficient (Wildman–Crippen LogP) is 2.67. The van der Waals surface area contributed by atoms with Crippen LogP contribution in [0, 0.1) is 0 Å². The number of aromatic nitrogens is 1. The van der Waals surface area contributed by atoms with Crippen LogP contribution in [0.1, 0.15) is 44.4 Å². The highest BCUT2D eigenvalue weighted by molar-refractivity contribution is 5.89. The number of fused-ring (bicyclic) bond motifs is 2. The highest BCUT2D eigenvalue weighted by atomic mass is 16.8. The highest BCUT2D eigenvalue weighted by Crippen LogP contribution is 2.41. The van der Waals surface area contributed by atoms with Crippen LogP contribution >= 0.6 is 0 Å². The largest absolute Gasteiger partial charge is 0.493 e. The van der Waals surface area contributed by atoms with E-state index < -0.39 is 60.9 Å². The fraction of sp³-hybridized carbons (Fsp3) is 0.438. The molecule has 13 heteroatoms. The van der Waals surface area contributed by atoms with Crippen LogP contribution in [-0.4, -0.2) is 77.6 Å². The van der Waals surface area contributed by atoms with E-state index in [0.29, 0.717) is 30.4 Å². The van der Waals surface area contributed by atoms with E-state index in [4.69, 9.17) is 33.2 Å². The summed E-state index contributed by atoms with van der Waals surface area (Å²) in [5.74, 6) is -4.76. The van der Waals surface area contributed by atoms with E-state index in [1.807, 2.05) is 24.4 Å². The summed E-state index contributed by atoms with van der Waals surface area (Å²) in [6.07, 6.45) is -2.71. The molecule has 0 amide bonds. The molecule has 240 valence electrons. The molecule has 45 heavy (non-hydrogen) atoms. The van der Waals surface area contributed by atoms with E-state index in [-0.39, 0.29) is 5.75 Å². The van der Waals surface area contributed by atoms with Gasteiger partial charge in [0.05, 0.1) is 6.61 Å².